The van der Waals surface area contributed by atoms with E-state index in [-0.39, 0.29) is 37.4 Å². The summed E-state index contributed by atoms with van der Waals surface area (Å²) in [6.07, 6.45) is 1.19. The molecule has 0 saturated carbocycles. The molecule has 0 spiro atoms. The summed E-state index contributed by atoms with van der Waals surface area (Å²) in [5, 5.41) is 24.7. The maximum absolute atomic E-state index is 13.9. The Kier molecular flexibility index (Phi) is 8.95. The van der Waals surface area contributed by atoms with Crippen LogP contribution >= 0.6 is 0 Å². The lowest BCUT2D eigenvalue weighted by Crippen LogP contribution is -2.55. The van der Waals surface area contributed by atoms with Crippen LogP contribution in [0.2, 0.25) is 0 Å². The Morgan fingerprint density at radius 3 is 2.40 bits per heavy atom. The van der Waals surface area contributed by atoms with E-state index in [2.05, 4.69) is 10.6 Å². The molecule has 1 fully saturated rings. The second kappa shape index (κ2) is 12.3. The van der Waals surface area contributed by atoms with E-state index >= 15 is 0 Å². The number of benzene rings is 2. The number of rotatable bonds is 12. The van der Waals surface area contributed by atoms with Crippen molar-refractivity contribution in [3.63, 3.8) is 0 Å². The summed E-state index contributed by atoms with van der Waals surface area (Å²) in [6, 6.07) is 10.4. The Labute approximate surface area is 244 Å². The Morgan fingerprint density at radius 2 is 1.81 bits per heavy atom. The number of esters is 1. The molecule has 2 atom stereocenters. The number of nitrogens with zero attached hydrogens (tertiary/aromatic N) is 3. The minimum atomic E-state index is -1.32. The minimum absolute atomic E-state index is 0.0482. The van der Waals surface area contributed by atoms with Gasteiger partial charge in [-0.1, -0.05) is 6.07 Å². The number of hydrogen-bond acceptors (Lipinski definition) is 9. The second-order valence-corrected chi connectivity index (χ2v) is 11.2. The lowest BCUT2D eigenvalue weighted by molar-refractivity contribution is -0.147. The summed E-state index contributed by atoms with van der Waals surface area (Å²) >= 11 is 0. The number of ether oxygens (including phenoxy) is 1. The zero-order valence-corrected chi connectivity index (χ0v) is 24.5. The summed E-state index contributed by atoms with van der Waals surface area (Å²) in [5.74, 6) is -1.72. The molecule has 42 heavy (non-hydrogen) atoms. The number of nitrogens with one attached hydrogen (secondary N) is 3. The lowest BCUT2D eigenvalue weighted by atomic mass is 9.86. The number of carboxylic acids is 1. The molecule has 6 N–H and O–H groups in total. The van der Waals surface area contributed by atoms with Gasteiger partial charge in [-0.25, -0.2) is 0 Å². The number of aliphatic carboxylic acids is 1. The number of likely N-dealkylation sites (tertiary alicyclic amines) is 1. The van der Waals surface area contributed by atoms with E-state index < -0.39 is 23.1 Å². The van der Waals surface area contributed by atoms with Crippen LogP contribution in [0.25, 0.3) is 0 Å². The highest BCUT2D eigenvalue weighted by atomic mass is 16.5. The first-order valence-corrected chi connectivity index (χ1v) is 14.1. The SMILES string of the molecule is Cc1c(C(C)(NCC(=O)OC(C)C)C(=O)N2CCCC2)ccc2c1=NC(CNc1ccc(C(=N)N)cc1)(CC(=O)O)N=2. The molecule has 224 valence electrons. The van der Waals surface area contributed by atoms with Crippen molar-refractivity contribution in [2.24, 2.45) is 15.7 Å². The zero-order valence-electron chi connectivity index (χ0n) is 24.5. The number of nitrogens with two attached hydrogens (primary N) is 1. The van der Waals surface area contributed by atoms with Crippen LogP contribution in [0.4, 0.5) is 5.69 Å². The Balaban J connectivity index is 1.70. The summed E-state index contributed by atoms with van der Waals surface area (Å²) in [6.45, 7) is 8.33. The van der Waals surface area contributed by atoms with Crippen molar-refractivity contribution in [1.29, 1.82) is 5.41 Å². The predicted molar refractivity (Wildman–Crippen MR) is 157 cm³/mol. The molecule has 0 aliphatic carbocycles. The van der Waals surface area contributed by atoms with Crippen LogP contribution in [0.15, 0.2) is 46.4 Å². The number of carbonyl (C=O) groups excluding carboxylic acids is 2. The fourth-order valence-corrected chi connectivity index (χ4v) is 5.47. The van der Waals surface area contributed by atoms with E-state index in [0.29, 0.717) is 46.2 Å². The number of amides is 1. The predicted octanol–water partition coefficient (Wildman–Crippen LogP) is 1.19. The quantitative estimate of drug-likeness (QED) is 0.142. The highest BCUT2D eigenvalue weighted by Gasteiger charge is 2.42. The summed E-state index contributed by atoms with van der Waals surface area (Å²) in [7, 11) is 0. The molecular weight excluding hydrogens is 538 g/mol. The monoisotopic (exact) mass is 577 g/mol. The van der Waals surface area contributed by atoms with E-state index in [0.717, 1.165) is 12.8 Å². The Bertz CT molecular complexity index is 1500. The smallest absolute Gasteiger partial charge is 0.320 e. The lowest BCUT2D eigenvalue weighted by Gasteiger charge is -2.35. The molecule has 4 rings (SSSR count). The topological polar surface area (TPSA) is 183 Å². The number of anilines is 1. The number of hydrogen-bond donors (Lipinski definition) is 5. The van der Waals surface area contributed by atoms with Gasteiger partial charge in [0.05, 0.1) is 36.3 Å². The summed E-state index contributed by atoms with van der Waals surface area (Å²) in [4.78, 5) is 49.7. The largest absolute Gasteiger partial charge is 0.481 e. The van der Waals surface area contributed by atoms with E-state index in [9.17, 15) is 19.5 Å². The van der Waals surface area contributed by atoms with Gasteiger partial charge in [-0.3, -0.25) is 35.1 Å². The van der Waals surface area contributed by atoms with E-state index in [1.165, 1.54) is 0 Å². The molecule has 0 radical (unpaired) electrons. The van der Waals surface area contributed by atoms with Crippen molar-refractivity contribution in [2.75, 3.05) is 31.5 Å². The van der Waals surface area contributed by atoms with Crippen molar-refractivity contribution in [2.45, 2.75) is 64.3 Å². The van der Waals surface area contributed by atoms with Crippen LogP contribution in [0, 0.1) is 12.3 Å². The third-order valence-electron chi connectivity index (χ3n) is 7.58. The highest BCUT2D eigenvalue weighted by molar-refractivity contribution is 5.95. The molecule has 2 aromatic rings. The molecule has 2 aliphatic heterocycles. The molecule has 2 aliphatic rings. The van der Waals surface area contributed by atoms with Gasteiger partial charge < -0.3 is 25.8 Å². The van der Waals surface area contributed by atoms with Crippen molar-refractivity contribution < 1.29 is 24.2 Å². The first-order chi connectivity index (χ1) is 19.8. The first-order valence-electron chi connectivity index (χ1n) is 14.1. The third-order valence-corrected chi connectivity index (χ3v) is 7.58. The fourth-order valence-electron chi connectivity index (χ4n) is 5.47. The van der Waals surface area contributed by atoms with Crippen molar-refractivity contribution >= 4 is 29.4 Å². The van der Waals surface area contributed by atoms with Gasteiger partial charge in [-0.2, -0.15) is 0 Å². The molecule has 0 aromatic heterocycles. The number of amidine groups is 1. The van der Waals surface area contributed by atoms with Crippen LogP contribution in [0.1, 0.15) is 56.7 Å². The van der Waals surface area contributed by atoms with Gasteiger partial charge in [-0.05, 0) is 82.0 Å². The van der Waals surface area contributed by atoms with Crippen LogP contribution in [0.3, 0.4) is 0 Å². The number of carbonyl (C=O) groups is 3. The van der Waals surface area contributed by atoms with E-state index in [1.54, 1.807) is 62.1 Å². The van der Waals surface area contributed by atoms with Gasteiger partial charge in [0.15, 0.2) is 5.66 Å². The van der Waals surface area contributed by atoms with E-state index in [1.807, 2.05) is 6.92 Å². The average Bonchev–Trinajstić information content (AvgIpc) is 3.59. The molecule has 1 amide bonds. The maximum atomic E-state index is 13.9. The molecule has 2 unspecified atom stereocenters. The highest BCUT2D eigenvalue weighted by Crippen LogP contribution is 2.28. The van der Waals surface area contributed by atoms with Crippen molar-refractivity contribution in [3.8, 4) is 0 Å². The third kappa shape index (κ3) is 6.59. The van der Waals surface area contributed by atoms with Crippen LogP contribution in [-0.4, -0.2) is 71.6 Å². The summed E-state index contributed by atoms with van der Waals surface area (Å²) in [5.41, 5.74) is 5.54. The van der Waals surface area contributed by atoms with Gasteiger partial charge >= 0.3 is 11.9 Å². The van der Waals surface area contributed by atoms with Crippen LogP contribution < -0.4 is 27.1 Å². The van der Waals surface area contributed by atoms with Gasteiger partial charge in [0.25, 0.3) is 0 Å². The minimum Gasteiger partial charge on any atom is -0.481 e. The maximum Gasteiger partial charge on any atom is 0.320 e. The number of nitrogen functional groups attached to an aromatic ring is 1. The molecule has 2 heterocycles. The zero-order chi connectivity index (χ0) is 30.7. The summed E-state index contributed by atoms with van der Waals surface area (Å²) < 4.78 is 5.30. The van der Waals surface area contributed by atoms with Gasteiger partial charge in [0.2, 0.25) is 5.91 Å². The normalized spacial score (nSPS) is 18.9. The molecule has 2 aromatic carbocycles. The molecule has 12 nitrogen and oxygen atoms in total. The van der Waals surface area contributed by atoms with Crippen molar-refractivity contribution in [1.82, 2.24) is 10.2 Å². The second-order valence-electron chi connectivity index (χ2n) is 11.2. The first kappa shape index (κ1) is 30.6. The Morgan fingerprint density at radius 1 is 1.14 bits per heavy atom. The van der Waals surface area contributed by atoms with E-state index in [4.69, 9.17) is 25.9 Å². The van der Waals surface area contributed by atoms with Gasteiger partial charge in [0.1, 0.15) is 11.4 Å². The van der Waals surface area contributed by atoms with Crippen molar-refractivity contribution in [3.05, 3.63) is 63.8 Å². The number of carboxylic acid groups (broad SMARTS) is 1. The van der Waals surface area contributed by atoms with Gasteiger partial charge in [-0.15, -0.1) is 0 Å². The van der Waals surface area contributed by atoms with Crippen LogP contribution in [0.5, 0.6) is 0 Å². The standard InChI is InChI=1S/C30H39N7O5/c1-18(2)42-25(40)16-34-29(4,28(41)37-13-5-6-14-37)22-11-12-23-26(19(22)3)36-30(35-23,15-24(38)39)17-33-21-9-7-20(8-10-21)27(31)32/h7-12,18,33-34H,5-6,13-17H2,1-4H3,(H3,31,32)(H,38,39). The Hall–Kier alpha value is -4.32. The molecule has 12 heteroatoms. The average molecular weight is 578 g/mol. The fraction of sp³-hybridized carbons (Fsp3) is 0.467. The van der Waals surface area contributed by atoms with Crippen LogP contribution in [-0.2, 0) is 24.7 Å². The molecular formula is C30H39N7O5. The van der Waals surface area contributed by atoms with Gasteiger partial charge in [0, 0.05) is 24.3 Å². The molecule has 0 bridgehead atoms. The number of fused-ring (bicyclic) bond motifs is 1. The molecule has 1 saturated heterocycles.